The summed E-state index contributed by atoms with van der Waals surface area (Å²) in [5.41, 5.74) is 4.24. The molecule has 64 heavy (non-hydrogen) atoms. The van der Waals surface area contributed by atoms with Gasteiger partial charge in [0.1, 0.15) is 11.4 Å². The van der Waals surface area contributed by atoms with Crippen LogP contribution in [0.15, 0.2) is 77.7 Å². The summed E-state index contributed by atoms with van der Waals surface area (Å²) < 4.78 is 34.4. The van der Waals surface area contributed by atoms with Gasteiger partial charge in [0.15, 0.2) is 15.6 Å². The van der Waals surface area contributed by atoms with Crippen molar-refractivity contribution in [3.63, 3.8) is 0 Å². The van der Waals surface area contributed by atoms with Crippen molar-refractivity contribution in [3.8, 4) is 0 Å². The van der Waals surface area contributed by atoms with Crippen LogP contribution in [0.3, 0.4) is 0 Å². The average molecular weight is 918 g/mol. The maximum Gasteiger partial charge on any atom is 0.268 e. The SMILES string of the molecule is CN(C)CCCNC(=O)CC1CNC(=O)c2cc3cc(CC(=O)CN(C)C)ccc3n21.COCCNC(=O)CC1CNC(=O)c2cc3cc(CS(=O)(=O)c4ccc(Cl)cc4)ccc3n21. The van der Waals surface area contributed by atoms with Crippen LogP contribution in [0.5, 0.6) is 0 Å². The van der Waals surface area contributed by atoms with Gasteiger partial charge in [0, 0.05) is 79.4 Å². The van der Waals surface area contributed by atoms with Crippen LogP contribution in [0.1, 0.15) is 63.4 Å². The van der Waals surface area contributed by atoms with E-state index in [-0.39, 0.29) is 58.6 Å². The van der Waals surface area contributed by atoms with Crippen LogP contribution >= 0.6 is 11.6 Å². The van der Waals surface area contributed by atoms with E-state index >= 15 is 0 Å². The Balaban J connectivity index is 0.000000213. The van der Waals surface area contributed by atoms with Gasteiger partial charge in [-0.25, -0.2) is 8.42 Å². The Hall–Kier alpha value is -5.59. The molecule has 4 amide bonds. The normalized spacial score (nSPS) is 15.9. The van der Waals surface area contributed by atoms with E-state index in [1.165, 1.54) is 12.1 Å². The van der Waals surface area contributed by atoms with Gasteiger partial charge in [-0.05, 0) is 113 Å². The monoisotopic (exact) mass is 916 g/mol. The second-order valence-electron chi connectivity index (χ2n) is 16.7. The Morgan fingerprint density at radius 3 is 1.81 bits per heavy atom. The van der Waals surface area contributed by atoms with Crippen molar-refractivity contribution in [2.24, 2.45) is 0 Å². The number of ketones is 1. The zero-order valence-corrected chi connectivity index (χ0v) is 38.5. The molecule has 2 aliphatic heterocycles. The number of hydrogen-bond acceptors (Lipinski definition) is 10. The van der Waals surface area contributed by atoms with E-state index in [9.17, 15) is 32.4 Å². The number of fused-ring (bicyclic) bond motifs is 6. The molecule has 0 fully saturated rings. The molecule has 5 aromatic rings. The van der Waals surface area contributed by atoms with E-state index in [2.05, 4.69) is 26.2 Å². The van der Waals surface area contributed by atoms with Crippen LogP contribution in [-0.2, 0) is 41.1 Å². The standard InChI is InChI=1S/C23H24ClN3O5S.C23H33N5O3/c1-32-9-8-25-22(28)12-18-13-26-23(29)21-11-16-10-15(2-7-20(16)27(18)21)14-33(30,31)19-5-3-17(24)4-6-19;1-26(2)9-5-8-24-22(30)13-18-14-25-23(31)21-12-17-10-16(6-7-20(17)28(18)21)11-19(29)15-27(3)4/h2-7,10-11,18H,8-9,12-14H2,1H3,(H,25,28)(H,26,29);6-7,10,12,18H,5,8-9,11,13-15H2,1-4H3,(H,24,30)(H,25,31). The summed E-state index contributed by atoms with van der Waals surface area (Å²) in [5, 5.41) is 13.6. The molecule has 0 aliphatic carbocycles. The molecule has 7 rings (SSSR count). The van der Waals surface area contributed by atoms with Crippen molar-refractivity contribution < 1.29 is 37.1 Å². The first-order chi connectivity index (χ1) is 30.5. The minimum absolute atomic E-state index is 0.0152. The van der Waals surface area contributed by atoms with Crippen molar-refractivity contribution in [1.82, 2.24) is 40.2 Å². The molecule has 2 atom stereocenters. The molecule has 2 aliphatic rings. The highest BCUT2D eigenvalue weighted by molar-refractivity contribution is 7.90. The number of aromatic nitrogens is 2. The minimum Gasteiger partial charge on any atom is -0.383 e. The van der Waals surface area contributed by atoms with Crippen molar-refractivity contribution in [2.45, 2.75) is 48.4 Å². The number of ether oxygens (including phenoxy) is 1. The second-order valence-corrected chi connectivity index (χ2v) is 19.2. The number of benzene rings is 3. The molecule has 18 heteroatoms. The van der Waals surface area contributed by atoms with E-state index in [4.69, 9.17) is 16.3 Å². The summed E-state index contributed by atoms with van der Waals surface area (Å²) in [4.78, 5) is 66.0. The maximum atomic E-state index is 12.8. The highest BCUT2D eigenvalue weighted by Crippen LogP contribution is 2.31. The molecular formula is C46H57ClN8O8S. The molecule has 3 aromatic carbocycles. The molecule has 0 saturated carbocycles. The molecule has 0 saturated heterocycles. The van der Waals surface area contributed by atoms with Crippen LogP contribution < -0.4 is 21.3 Å². The Labute approximate surface area is 378 Å². The van der Waals surface area contributed by atoms with Gasteiger partial charge in [-0.3, -0.25) is 24.0 Å². The first-order valence-electron chi connectivity index (χ1n) is 21.2. The number of amides is 4. The molecule has 342 valence electrons. The Kier molecular flexibility index (Phi) is 16.0. The fraction of sp³-hybridized carbons (Fsp3) is 0.413. The predicted octanol–water partition coefficient (Wildman–Crippen LogP) is 3.76. The molecular weight excluding hydrogens is 860 g/mol. The summed E-state index contributed by atoms with van der Waals surface area (Å²) >= 11 is 5.86. The van der Waals surface area contributed by atoms with Gasteiger partial charge < -0.3 is 44.9 Å². The van der Waals surface area contributed by atoms with Crippen molar-refractivity contribution >= 4 is 72.7 Å². The molecule has 4 N–H and O–H groups in total. The number of nitrogens with zero attached hydrogens (tertiary/aromatic N) is 4. The number of likely N-dealkylation sites (N-methyl/N-ethyl adjacent to an activating group) is 1. The second kappa shape index (κ2) is 21.4. The van der Waals surface area contributed by atoms with Crippen molar-refractivity contribution in [3.05, 3.63) is 100 Å². The molecule has 2 unspecified atom stereocenters. The highest BCUT2D eigenvalue weighted by Gasteiger charge is 2.30. The predicted molar refractivity (Wildman–Crippen MR) is 247 cm³/mol. The number of Topliss-reactive ketones (excluding diaryl/α,β-unsaturated/α-hetero) is 1. The maximum absolute atomic E-state index is 12.8. The van der Waals surface area contributed by atoms with Gasteiger partial charge in [-0.2, -0.15) is 0 Å². The zero-order valence-electron chi connectivity index (χ0n) is 36.9. The number of methoxy groups -OCH3 is 1. The van der Waals surface area contributed by atoms with Crippen LogP contribution in [0.2, 0.25) is 5.02 Å². The summed E-state index contributed by atoms with van der Waals surface area (Å²) in [6.07, 6.45) is 1.77. The fourth-order valence-corrected chi connectivity index (χ4v) is 9.55. The number of nitrogens with one attached hydrogen (secondary N) is 4. The lowest BCUT2D eigenvalue weighted by molar-refractivity contribution is -0.122. The molecule has 4 heterocycles. The van der Waals surface area contributed by atoms with E-state index in [0.29, 0.717) is 74.1 Å². The minimum atomic E-state index is -3.56. The molecule has 16 nitrogen and oxygen atoms in total. The first-order valence-corrected chi connectivity index (χ1v) is 23.2. The highest BCUT2D eigenvalue weighted by atomic mass is 35.5. The largest absolute Gasteiger partial charge is 0.383 e. The van der Waals surface area contributed by atoms with Crippen LogP contribution in [-0.4, -0.2) is 138 Å². The number of carbonyl (C=O) groups excluding carboxylic acids is 5. The number of carbonyl (C=O) groups is 5. The summed E-state index contributed by atoms with van der Waals surface area (Å²) in [5.74, 6) is -0.537. The number of sulfone groups is 1. The lowest BCUT2D eigenvalue weighted by Crippen LogP contribution is -2.41. The Bertz CT molecular complexity index is 2620. The number of rotatable bonds is 18. The molecule has 0 spiro atoms. The van der Waals surface area contributed by atoms with Gasteiger partial charge in [0.2, 0.25) is 11.8 Å². The fourth-order valence-electron chi connectivity index (χ4n) is 8.09. The van der Waals surface area contributed by atoms with Crippen molar-refractivity contribution in [2.75, 3.05) is 81.2 Å². The lowest BCUT2D eigenvalue weighted by Gasteiger charge is -2.27. The molecule has 0 bridgehead atoms. The third-order valence-electron chi connectivity index (χ3n) is 11.0. The molecule has 0 radical (unpaired) electrons. The number of halogens is 1. The summed E-state index contributed by atoms with van der Waals surface area (Å²) in [7, 11) is 5.78. The van der Waals surface area contributed by atoms with Gasteiger partial charge in [0.25, 0.3) is 11.8 Å². The smallest absolute Gasteiger partial charge is 0.268 e. The van der Waals surface area contributed by atoms with Crippen LogP contribution in [0.25, 0.3) is 21.8 Å². The van der Waals surface area contributed by atoms with Gasteiger partial charge in [0.05, 0.1) is 35.9 Å². The zero-order chi connectivity index (χ0) is 46.1. The Morgan fingerprint density at radius 2 is 1.28 bits per heavy atom. The van der Waals surface area contributed by atoms with Gasteiger partial charge in [-0.1, -0.05) is 23.7 Å². The summed E-state index contributed by atoms with van der Waals surface area (Å²) in [6, 6.07) is 20.5. The van der Waals surface area contributed by atoms with Crippen molar-refractivity contribution in [1.29, 1.82) is 0 Å². The van der Waals surface area contributed by atoms with E-state index in [1.54, 1.807) is 43.5 Å². The van der Waals surface area contributed by atoms with Crippen LogP contribution in [0, 0.1) is 0 Å². The third-order valence-corrected chi connectivity index (χ3v) is 13.0. The average Bonchev–Trinajstić information content (AvgIpc) is 3.82. The number of hydrogen-bond donors (Lipinski definition) is 4. The van der Waals surface area contributed by atoms with E-state index in [0.717, 1.165) is 40.3 Å². The molecule has 2 aromatic heterocycles. The van der Waals surface area contributed by atoms with Crippen LogP contribution in [0.4, 0.5) is 0 Å². The Morgan fingerprint density at radius 1 is 0.750 bits per heavy atom. The van der Waals surface area contributed by atoms with E-state index < -0.39 is 9.84 Å². The third kappa shape index (κ3) is 12.1. The van der Waals surface area contributed by atoms with Gasteiger partial charge in [-0.15, -0.1) is 0 Å². The first kappa shape index (κ1) is 47.9. The lowest BCUT2D eigenvalue weighted by atomic mass is 10.1. The summed E-state index contributed by atoms with van der Waals surface area (Å²) in [6.45, 7) is 3.55. The quantitative estimate of drug-likeness (QED) is 0.0942. The van der Waals surface area contributed by atoms with E-state index in [1.807, 2.05) is 66.5 Å². The van der Waals surface area contributed by atoms with Gasteiger partial charge >= 0.3 is 0 Å². The topological polar surface area (TPSA) is 193 Å².